The fourth-order valence-corrected chi connectivity index (χ4v) is 3.63. The maximum absolute atomic E-state index is 12.0. The van der Waals surface area contributed by atoms with Gasteiger partial charge in [-0.1, -0.05) is 30.3 Å². The summed E-state index contributed by atoms with van der Waals surface area (Å²) in [5.41, 5.74) is 0.838. The molecule has 0 aliphatic carbocycles. The second-order valence-electron chi connectivity index (χ2n) is 4.85. The van der Waals surface area contributed by atoms with E-state index >= 15 is 0 Å². The minimum atomic E-state index is -3.06. The summed E-state index contributed by atoms with van der Waals surface area (Å²) in [6, 6.07) is 9.28. The molecule has 0 heterocycles. The molecule has 1 aromatic carbocycles. The monoisotopic (exact) mass is 471 g/mol. The van der Waals surface area contributed by atoms with Gasteiger partial charge in [0, 0.05) is 25.9 Å². The van der Waals surface area contributed by atoms with Gasteiger partial charge in [0.15, 0.2) is 15.8 Å². The predicted molar refractivity (Wildman–Crippen MR) is 112 cm³/mol. The van der Waals surface area contributed by atoms with Gasteiger partial charge < -0.3 is 10.6 Å². The summed E-state index contributed by atoms with van der Waals surface area (Å²) >= 11 is 1.76. The van der Waals surface area contributed by atoms with Gasteiger partial charge in [-0.15, -0.1) is 24.0 Å². The first-order valence-electron chi connectivity index (χ1n) is 7.25. The molecule has 0 aliphatic rings. The van der Waals surface area contributed by atoms with Crippen LogP contribution in [0.5, 0.6) is 0 Å². The smallest absolute Gasteiger partial charge is 0.191 e. The fourth-order valence-electron chi connectivity index (χ4n) is 1.89. The number of rotatable bonds is 9. The zero-order chi connectivity index (χ0) is 16.3. The minimum Gasteiger partial charge on any atom is -0.356 e. The van der Waals surface area contributed by atoms with Crippen molar-refractivity contribution in [2.45, 2.75) is 12.2 Å². The Hall–Kier alpha value is -0.480. The molecule has 0 amide bonds. The molecule has 0 fully saturated rings. The van der Waals surface area contributed by atoms with Crippen molar-refractivity contribution < 1.29 is 8.42 Å². The lowest BCUT2D eigenvalue weighted by Crippen LogP contribution is -2.39. The van der Waals surface area contributed by atoms with Crippen LogP contribution in [0.15, 0.2) is 35.3 Å². The van der Waals surface area contributed by atoms with Gasteiger partial charge in [0.25, 0.3) is 0 Å². The van der Waals surface area contributed by atoms with Crippen LogP contribution in [0.3, 0.4) is 0 Å². The Bertz CT molecular complexity index is 551. The van der Waals surface area contributed by atoms with Crippen molar-refractivity contribution >= 4 is 51.5 Å². The zero-order valence-corrected chi connectivity index (χ0v) is 17.6. The molecule has 5 nitrogen and oxygen atoms in total. The molecule has 2 N–H and O–H groups in total. The van der Waals surface area contributed by atoms with Crippen LogP contribution in [0.25, 0.3) is 0 Å². The summed E-state index contributed by atoms with van der Waals surface area (Å²) in [4.78, 5) is 4.10. The fraction of sp³-hybridized carbons (Fsp3) is 0.533. The van der Waals surface area contributed by atoms with Crippen LogP contribution in [0.4, 0.5) is 0 Å². The molecule has 132 valence electrons. The Morgan fingerprint density at radius 3 is 2.43 bits per heavy atom. The van der Waals surface area contributed by atoms with Gasteiger partial charge in [-0.3, -0.25) is 4.99 Å². The molecule has 0 aromatic heterocycles. The van der Waals surface area contributed by atoms with Gasteiger partial charge in [0.05, 0.1) is 11.5 Å². The Morgan fingerprint density at radius 2 is 1.83 bits per heavy atom. The lowest BCUT2D eigenvalue weighted by atomic mass is 10.2. The van der Waals surface area contributed by atoms with Crippen LogP contribution in [-0.4, -0.2) is 52.3 Å². The molecule has 0 atom stereocenters. The SMILES string of the molecule is CN=C(NCCCS(=O)(=O)Cc1ccccc1)NCCSC.I. The first kappa shape index (κ1) is 22.5. The van der Waals surface area contributed by atoms with Crippen molar-refractivity contribution in [2.75, 3.05) is 37.9 Å². The lowest BCUT2D eigenvalue weighted by molar-refractivity contribution is 0.591. The summed E-state index contributed by atoms with van der Waals surface area (Å²) in [7, 11) is -1.35. The van der Waals surface area contributed by atoms with E-state index in [1.807, 2.05) is 30.3 Å². The third-order valence-corrected chi connectivity index (χ3v) is 5.27. The van der Waals surface area contributed by atoms with Gasteiger partial charge in [-0.05, 0) is 18.2 Å². The van der Waals surface area contributed by atoms with Gasteiger partial charge >= 0.3 is 0 Å². The summed E-state index contributed by atoms with van der Waals surface area (Å²) < 4.78 is 24.1. The van der Waals surface area contributed by atoms with Crippen LogP contribution >= 0.6 is 35.7 Å². The molecule has 0 saturated carbocycles. The molecule has 0 aliphatic heterocycles. The van der Waals surface area contributed by atoms with Crippen LogP contribution in [0, 0.1) is 0 Å². The average Bonchev–Trinajstić information content (AvgIpc) is 2.50. The van der Waals surface area contributed by atoms with E-state index < -0.39 is 9.84 Å². The van der Waals surface area contributed by atoms with Crippen molar-refractivity contribution in [2.24, 2.45) is 4.99 Å². The third kappa shape index (κ3) is 10.8. The van der Waals surface area contributed by atoms with Gasteiger partial charge in [0.1, 0.15) is 0 Å². The van der Waals surface area contributed by atoms with Crippen LogP contribution in [0.2, 0.25) is 0 Å². The largest absolute Gasteiger partial charge is 0.356 e. The molecule has 1 aromatic rings. The highest BCUT2D eigenvalue weighted by atomic mass is 127. The van der Waals surface area contributed by atoms with E-state index in [1.54, 1.807) is 18.8 Å². The number of hydrogen-bond donors (Lipinski definition) is 2. The minimum absolute atomic E-state index is 0. The number of guanidine groups is 1. The Kier molecular flexibility index (Phi) is 12.6. The van der Waals surface area contributed by atoms with Crippen molar-refractivity contribution in [3.63, 3.8) is 0 Å². The number of hydrogen-bond acceptors (Lipinski definition) is 4. The summed E-state index contributed by atoms with van der Waals surface area (Å²) in [5.74, 6) is 2.01. The summed E-state index contributed by atoms with van der Waals surface area (Å²) in [5, 5.41) is 6.31. The Labute approximate surface area is 161 Å². The molecule has 0 spiro atoms. The number of nitrogens with zero attached hydrogens (tertiary/aromatic N) is 1. The topological polar surface area (TPSA) is 70.6 Å². The van der Waals surface area contributed by atoms with Crippen molar-refractivity contribution in [1.29, 1.82) is 0 Å². The highest BCUT2D eigenvalue weighted by molar-refractivity contribution is 14.0. The molecule has 0 bridgehead atoms. The van der Waals surface area contributed by atoms with E-state index in [0.29, 0.717) is 13.0 Å². The van der Waals surface area contributed by atoms with Crippen LogP contribution in [0.1, 0.15) is 12.0 Å². The average molecular weight is 471 g/mol. The van der Waals surface area contributed by atoms with Gasteiger partial charge in [-0.25, -0.2) is 8.42 Å². The highest BCUT2D eigenvalue weighted by Crippen LogP contribution is 2.06. The third-order valence-electron chi connectivity index (χ3n) is 2.98. The van der Waals surface area contributed by atoms with Crippen molar-refractivity contribution in [1.82, 2.24) is 10.6 Å². The van der Waals surface area contributed by atoms with Crippen molar-refractivity contribution in [3.8, 4) is 0 Å². The standard InChI is InChI=1S/C15H25N3O2S2.HI/c1-16-15(18-10-11-21-2)17-9-6-12-22(19,20)13-14-7-4-3-5-8-14;/h3-5,7-8H,6,9-13H2,1-2H3,(H2,16,17,18);1H. The molecule has 0 radical (unpaired) electrons. The van der Waals surface area contributed by atoms with E-state index in [1.165, 1.54) is 0 Å². The molecular weight excluding hydrogens is 445 g/mol. The van der Waals surface area contributed by atoms with E-state index in [2.05, 4.69) is 21.9 Å². The quantitative estimate of drug-likeness (QED) is 0.250. The second-order valence-corrected chi connectivity index (χ2v) is 8.02. The second kappa shape index (κ2) is 12.9. The molecule has 8 heteroatoms. The number of aliphatic imine (C=N–C) groups is 1. The predicted octanol–water partition coefficient (Wildman–Crippen LogP) is 2.14. The normalized spacial score (nSPS) is 11.7. The molecule has 0 unspecified atom stereocenters. The number of benzene rings is 1. The number of halogens is 1. The highest BCUT2D eigenvalue weighted by Gasteiger charge is 2.11. The van der Waals surface area contributed by atoms with Gasteiger partial charge in [-0.2, -0.15) is 11.8 Å². The Morgan fingerprint density at radius 1 is 1.17 bits per heavy atom. The number of sulfone groups is 1. The maximum Gasteiger partial charge on any atom is 0.191 e. The van der Waals surface area contributed by atoms with Crippen LogP contribution in [-0.2, 0) is 15.6 Å². The lowest BCUT2D eigenvalue weighted by Gasteiger charge is -2.11. The molecule has 0 saturated heterocycles. The van der Waals surface area contributed by atoms with Crippen LogP contribution < -0.4 is 10.6 Å². The Balaban J connectivity index is 0.00000484. The summed E-state index contributed by atoms with van der Waals surface area (Å²) in [6.45, 7) is 1.43. The first-order chi connectivity index (χ1) is 10.6. The van der Waals surface area contributed by atoms with E-state index in [9.17, 15) is 8.42 Å². The van der Waals surface area contributed by atoms with Gasteiger partial charge in [0.2, 0.25) is 0 Å². The molecular formula is C15H26IN3O2S2. The van der Waals surface area contributed by atoms with E-state index in [0.717, 1.165) is 23.8 Å². The number of thioether (sulfide) groups is 1. The zero-order valence-electron chi connectivity index (χ0n) is 13.6. The number of nitrogens with one attached hydrogen (secondary N) is 2. The van der Waals surface area contributed by atoms with E-state index in [4.69, 9.17) is 0 Å². The molecule has 23 heavy (non-hydrogen) atoms. The first-order valence-corrected chi connectivity index (χ1v) is 10.5. The van der Waals surface area contributed by atoms with E-state index in [-0.39, 0.29) is 35.5 Å². The molecule has 1 rings (SSSR count). The maximum atomic E-state index is 12.0. The van der Waals surface area contributed by atoms with Crippen molar-refractivity contribution in [3.05, 3.63) is 35.9 Å². The summed E-state index contributed by atoms with van der Waals surface area (Å²) in [6.07, 6.45) is 2.62.